The Morgan fingerprint density at radius 1 is 1.58 bits per heavy atom. The van der Waals surface area contributed by atoms with Gasteiger partial charge in [0, 0.05) is 11.1 Å². The van der Waals surface area contributed by atoms with Crippen LogP contribution in [0.5, 0.6) is 0 Å². The van der Waals surface area contributed by atoms with Gasteiger partial charge in [-0.2, -0.15) is 0 Å². The van der Waals surface area contributed by atoms with Crippen LogP contribution in [0.15, 0.2) is 17.6 Å². The highest BCUT2D eigenvalue weighted by Crippen LogP contribution is 2.19. The molecule has 0 aliphatic heterocycles. The van der Waals surface area contributed by atoms with E-state index < -0.39 is 5.97 Å². The molecule has 2 rings (SSSR count). The number of methoxy groups -OCH3 is 1. The molecule has 0 unspecified atom stereocenters. The number of carbonyl (C=O) groups is 1. The third-order valence-corrected chi connectivity index (χ3v) is 3.39. The minimum Gasteiger partial charge on any atom is -0.465 e. The van der Waals surface area contributed by atoms with Crippen molar-refractivity contribution in [2.75, 3.05) is 18.2 Å². The van der Waals surface area contributed by atoms with E-state index in [1.807, 2.05) is 12.3 Å². The molecule has 6 nitrogen and oxygen atoms in total. The first-order valence-corrected chi connectivity index (χ1v) is 6.47. The van der Waals surface area contributed by atoms with E-state index in [9.17, 15) is 4.79 Å². The summed E-state index contributed by atoms with van der Waals surface area (Å²) < 4.78 is 4.71. The third kappa shape index (κ3) is 3.19. The first-order valence-electron chi connectivity index (χ1n) is 5.59. The Bertz CT molecular complexity index is 597. The SMILES string of the molecule is COC(=O)c1cc(N)ncc1NCc1nc(C)cs1. The van der Waals surface area contributed by atoms with Gasteiger partial charge >= 0.3 is 5.97 Å². The van der Waals surface area contributed by atoms with Crippen LogP contribution in [-0.2, 0) is 11.3 Å². The lowest BCUT2D eigenvalue weighted by molar-refractivity contribution is 0.0601. The number of nitrogens with two attached hydrogens (primary N) is 1. The number of anilines is 2. The van der Waals surface area contributed by atoms with Crippen LogP contribution in [0.3, 0.4) is 0 Å². The molecule has 2 aromatic rings. The Hall–Kier alpha value is -2.15. The summed E-state index contributed by atoms with van der Waals surface area (Å²) in [6.07, 6.45) is 1.52. The zero-order valence-electron chi connectivity index (χ0n) is 10.6. The smallest absolute Gasteiger partial charge is 0.340 e. The van der Waals surface area contributed by atoms with Crippen molar-refractivity contribution in [1.29, 1.82) is 0 Å². The van der Waals surface area contributed by atoms with Crippen LogP contribution < -0.4 is 11.1 Å². The number of hydrogen-bond acceptors (Lipinski definition) is 7. The molecule has 0 aromatic carbocycles. The van der Waals surface area contributed by atoms with E-state index in [0.717, 1.165) is 10.7 Å². The summed E-state index contributed by atoms with van der Waals surface area (Å²) in [5, 5.41) is 6.02. The fourth-order valence-corrected chi connectivity index (χ4v) is 2.26. The van der Waals surface area contributed by atoms with Crippen molar-refractivity contribution in [3.05, 3.63) is 33.9 Å². The molecule has 0 saturated heterocycles. The second-order valence-electron chi connectivity index (χ2n) is 3.88. The highest BCUT2D eigenvalue weighted by Gasteiger charge is 2.13. The van der Waals surface area contributed by atoms with E-state index in [4.69, 9.17) is 10.5 Å². The van der Waals surface area contributed by atoms with E-state index in [0.29, 0.717) is 17.8 Å². The van der Waals surface area contributed by atoms with Crippen molar-refractivity contribution in [1.82, 2.24) is 9.97 Å². The number of nitrogen functional groups attached to an aromatic ring is 1. The molecule has 0 bridgehead atoms. The van der Waals surface area contributed by atoms with Gasteiger partial charge in [-0.25, -0.2) is 14.8 Å². The van der Waals surface area contributed by atoms with Crippen LogP contribution in [0.25, 0.3) is 0 Å². The first-order chi connectivity index (χ1) is 9.10. The van der Waals surface area contributed by atoms with Crippen molar-refractivity contribution < 1.29 is 9.53 Å². The molecular weight excluding hydrogens is 264 g/mol. The fraction of sp³-hybridized carbons (Fsp3) is 0.250. The van der Waals surface area contributed by atoms with Gasteiger partial charge in [0.05, 0.1) is 31.1 Å². The van der Waals surface area contributed by atoms with Crippen molar-refractivity contribution in [3.63, 3.8) is 0 Å². The van der Waals surface area contributed by atoms with Crippen LogP contribution in [0.1, 0.15) is 21.1 Å². The molecule has 19 heavy (non-hydrogen) atoms. The van der Waals surface area contributed by atoms with E-state index in [1.54, 1.807) is 11.3 Å². The van der Waals surface area contributed by atoms with E-state index in [-0.39, 0.29) is 5.82 Å². The van der Waals surface area contributed by atoms with Gasteiger partial charge < -0.3 is 15.8 Å². The van der Waals surface area contributed by atoms with E-state index in [1.165, 1.54) is 19.4 Å². The van der Waals surface area contributed by atoms with Gasteiger partial charge in [0.1, 0.15) is 10.8 Å². The highest BCUT2D eigenvalue weighted by atomic mass is 32.1. The molecule has 100 valence electrons. The van der Waals surface area contributed by atoms with Crippen LogP contribution >= 0.6 is 11.3 Å². The zero-order valence-corrected chi connectivity index (χ0v) is 11.5. The van der Waals surface area contributed by atoms with Crippen LogP contribution in [0.2, 0.25) is 0 Å². The lowest BCUT2D eigenvalue weighted by Gasteiger charge is -2.09. The van der Waals surface area contributed by atoms with Gasteiger partial charge in [0.25, 0.3) is 0 Å². The standard InChI is InChI=1S/C12H14N4O2S/c1-7-6-19-11(16-7)5-14-9-4-15-10(13)3-8(9)12(17)18-2/h3-4,6,14H,5H2,1-2H3,(H2,13,15). The number of aryl methyl sites for hydroxylation is 1. The van der Waals surface area contributed by atoms with Crippen LogP contribution in [0.4, 0.5) is 11.5 Å². The minimum atomic E-state index is -0.452. The normalized spacial score (nSPS) is 10.2. The van der Waals surface area contributed by atoms with Gasteiger partial charge in [-0.15, -0.1) is 11.3 Å². The number of rotatable bonds is 4. The second kappa shape index (κ2) is 5.66. The predicted molar refractivity (Wildman–Crippen MR) is 74.2 cm³/mol. The fourth-order valence-electron chi connectivity index (χ4n) is 1.55. The number of thiazole rings is 1. The Kier molecular flexibility index (Phi) is 3.96. The first kappa shape index (κ1) is 13.3. The molecule has 0 aliphatic rings. The van der Waals surface area contributed by atoms with Gasteiger partial charge in [0.2, 0.25) is 0 Å². The largest absolute Gasteiger partial charge is 0.465 e. The van der Waals surface area contributed by atoms with Crippen molar-refractivity contribution in [3.8, 4) is 0 Å². The Balaban J connectivity index is 2.17. The third-order valence-electron chi connectivity index (χ3n) is 2.43. The molecule has 2 aromatic heterocycles. The summed E-state index contributed by atoms with van der Waals surface area (Å²) in [6.45, 7) is 2.46. The number of ether oxygens (including phenoxy) is 1. The molecule has 0 atom stereocenters. The lowest BCUT2D eigenvalue weighted by Crippen LogP contribution is -2.10. The molecular formula is C12H14N4O2S. The van der Waals surface area contributed by atoms with Gasteiger partial charge in [-0.05, 0) is 13.0 Å². The van der Waals surface area contributed by atoms with Gasteiger partial charge in [-0.3, -0.25) is 0 Å². The lowest BCUT2D eigenvalue weighted by atomic mass is 10.2. The molecule has 2 heterocycles. The molecule has 7 heteroatoms. The number of esters is 1. The second-order valence-corrected chi connectivity index (χ2v) is 4.83. The quantitative estimate of drug-likeness (QED) is 0.829. The molecule has 0 radical (unpaired) electrons. The maximum absolute atomic E-state index is 11.6. The van der Waals surface area contributed by atoms with E-state index in [2.05, 4.69) is 15.3 Å². The predicted octanol–water partition coefficient (Wildman–Crippen LogP) is 1.83. The highest BCUT2D eigenvalue weighted by molar-refractivity contribution is 7.09. The number of nitrogens with zero attached hydrogens (tertiary/aromatic N) is 2. The molecule has 0 amide bonds. The number of nitrogens with one attached hydrogen (secondary N) is 1. The summed E-state index contributed by atoms with van der Waals surface area (Å²) in [5.41, 5.74) is 7.49. The summed E-state index contributed by atoms with van der Waals surface area (Å²) >= 11 is 1.56. The van der Waals surface area contributed by atoms with Crippen LogP contribution in [-0.4, -0.2) is 23.0 Å². The molecule has 0 fully saturated rings. The summed E-state index contributed by atoms with van der Waals surface area (Å²) in [7, 11) is 1.33. The molecule has 0 aliphatic carbocycles. The number of carbonyl (C=O) groups excluding carboxylic acids is 1. The average molecular weight is 278 g/mol. The number of hydrogen-bond donors (Lipinski definition) is 2. The van der Waals surface area contributed by atoms with Crippen molar-refractivity contribution >= 4 is 28.8 Å². The monoisotopic (exact) mass is 278 g/mol. The Morgan fingerprint density at radius 3 is 3.00 bits per heavy atom. The molecule has 3 N–H and O–H groups in total. The summed E-state index contributed by atoms with van der Waals surface area (Å²) in [6, 6.07) is 1.49. The zero-order chi connectivity index (χ0) is 13.8. The average Bonchev–Trinajstić information content (AvgIpc) is 2.82. The number of aromatic nitrogens is 2. The van der Waals surface area contributed by atoms with Gasteiger partial charge in [-0.1, -0.05) is 0 Å². The maximum Gasteiger partial charge on any atom is 0.340 e. The topological polar surface area (TPSA) is 90.1 Å². The Labute approximate surface area is 114 Å². The van der Waals surface area contributed by atoms with Gasteiger partial charge in [0.15, 0.2) is 0 Å². The molecule has 0 saturated carbocycles. The van der Waals surface area contributed by atoms with Crippen molar-refractivity contribution in [2.45, 2.75) is 13.5 Å². The Morgan fingerprint density at radius 2 is 2.37 bits per heavy atom. The van der Waals surface area contributed by atoms with Crippen molar-refractivity contribution in [2.24, 2.45) is 0 Å². The summed E-state index contributed by atoms with van der Waals surface area (Å²) in [4.78, 5) is 19.9. The number of pyridine rings is 1. The summed E-state index contributed by atoms with van der Waals surface area (Å²) in [5.74, 6) is -0.178. The van der Waals surface area contributed by atoms with Crippen LogP contribution in [0, 0.1) is 6.92 Å². The van der Waals surface area contributed by atoms with E-state index >= 15 is 0 Å². The molecule has 0 spiro atoms. The minimum absolute atomic E-state index is 0.274. The maximum atomic E-state index is 11.6.